The second-order valence-electron chi connectivity index (χ2n) is 6.61. The quantitative estimate of drug-likeness (QED) is 0.696. The zero-order valence-corrected chi connectivity index (χ0v) is 15.7. The molecule has 0 saturated heterocycles. The molecule has 5 heteroatoms. The van der Waals surface area contributed by atoms with Gasteiger partial charge in [-0.25, -0.2) is 4.98 Å². The van der Waals surface area contributed by atoms with Crippen LogP contribution in [0.3, 0.4) is 0 Å². The first-order chi connectivity index (χ1) is 13.1. The molecule has 1 amide bonds. The zero-order chi connectivity index (χ0) is 19.1. The smallest absolute Gasteiger partial charge is 0.270 e. The number of pyridine rings is 2. The van der Waals surface area contributed by atoms with E-state index in [-0.39, 0.29) is 5.91 Å². The fourth-order valence-corrected chi connectivity index (χ4v) is 2.81. The fourth-order valence-electron chi connectivity index (χ4n) is 2.81. The minimum atomic E-state index is -0.202. The Balaban J connectivity index is 1.66. The first-order valence-electron chi connectivity index (χ1n) is 9.08. The highest BCUT2D eigenvalue weighted by molar-refractivity contribution is 5.92. The van der Waals surface area contributed by atoms with E-state index in [0.717, 1.165) is 17.9 Å². The van der Waals surface area contributed by atoms with Gasteiger partial charge < -0.3 is 10.2 Å². The van der Waals surface area contributed by atoms with E-state index in [2.05, 4.69) is 46.2 Å². The van der Waals surface area contributed by atoms with Crippen molar-refractivity contribution in [1.82, 2.24) is 15.3 Å². The number of benzene rings is 1. The number of anilines is 1. The number of amides is 1. The Labute approximate surface area is 160 Å². The van der Waals surface area contributed by atoms with Gasteiger partial charge in [-0.1, -0.05) is 36.4 Å². The van der Waals surface area contributed by atoms with Crippen LogP contribution in [0.25, 0.3) is 0 Å². The van der Waals surface area contributed by atoms with Crippen LogP contribution >= 0.6 is 0 Å². The molecule has 3 rings (SSSR count). The van der Waals surface area contributed by atoms with Crippen molar-refractivity contribution in [3.63, 3.8) is 0 Å². The second kappa shape index (κ2) is 8.94. The summed E-state index contributed by atoms with van der Waals surface area (Å²) < 4.78 is 0. The Hall–Kier alpha value is -3.21. The third-order valence-corrected chi connectivity index (χ3v) is 4.29. The van der Waals surface area contributed by atoms with Crippen LogP contribution in [-0.4, -0.2) is 21.9 Å². The van der Waals surface area contributed by atoms with Crippen LogP contribution < -0.4 is 10.2 Å². The molecule has 1 aromatic carbocycles. The molecule has 5 nitrogen and oxygen atoms in total. The van der Waals surface area contributed by atoms with E-state index in [1.54, 1.807) is 18.5 Å². The predicted molar refractivity (Wildman–Crippen MR) is 107 cm³/mol. The minimum absolute atomic E-state index is 0.202. The maximum Gasteiger partial charge on any atom is 0.270 e. The van der Waals surface area contributed by atoms with Gasteiger partial charge in [0.15, 0.2) is 0 Å². The lowest BCUT2D eigenvalue weighted by Gasteiger charge is -2.29. The highest BCUT2D eigenvalue weighted by Crippen LogP contribution is 2.19. The molecule has 27 heavy (non-hydrogen) atoms. The molecule has 0 aliphatic carbocycles. The first-order valence-corrected chi connectivity index (χ1v) is 9.08. The molecular weight excluding hydrogens is 336 g/mol. The maximum atomic E-state index is 12.3. The number of rotatable bonds is 7. The highest BCUT2D eigenvalue weighted by atomic mass is 16.1. The lowest BCUT2D eigenvalue weighted by Crippen LogP contribution is -2.30. The van der Waals surface area contributed by atoms with Crippen LogP contribution in [0, 0.1) is 0 Å². The monoisotopic (exact) mass is 360 g/mol. The molecule has 0 aliphatic rings. The molecule has 2 aromatic heterocycles. The van der Waals surface area contributed by atoms with Gasteiger partial charge in [0.25, 0.3) is 5.91 Å². The molecule has 2 heterocycles. The van der Waals surface area contributed by atoms with Crippen LogP contribution in [0.4, 0.5) is 5.69 Å². The summed E-state index contributed by atoms with van der Waals surface area (Å²) in [6.07, 6.45) is 3.47. The van der Waals surface area contributed by atoms with E-state index >= 15 is 0 Å². The van der Waals surface area contributed by atoms with Crippen molar-refractivity contribution >= 4 is 11.6 Å². The van der Waals surface area contributed by atoms with E-state index in [1.165, 1.54) is 5.56 Å². The van der Waals surface area contributed by atoms with Gasteiger partial charge in [-0.2, -0.15) is 0 Å². The summed E-state index contributed by atoms with van der Waals surface area (Å²) in [7, 11) is 0. The summed E-state index contributed by atoms with van der Waals surface area (Å²) >= 11 is 0. The van der Waals surface area contributed by atoms with Gasteiger partial charge in [-0.3, -0.25) is 9.78 Å². The largest absolute Gasteiger partial charge is 0.364 e. The highest BCUT2D eigenvalue weighted by Gasteiger charge is 2.13. The van der Waals surface area contributed by atoms with Gasteiger partial charge in [-0.05, 0) is 43.7 Å². The molecule has 0 aliphatic heterocycles. The summed E-state index contributed by atoms with van der Waals surface area (Å²) in [6, 6.07) is 20.0. The molecule has 1 N–H and O–H groups in total. The Morgan fingerprint density at radius 3 is 2.41 bits per heavy atom. The van der Waals surface area contributed by atoms with E-state index in [0.29, 0.717) is 18.3 Å². The zero-order valence-electron chi connectivity index (χ0n) is 15.7. The van der Waals surface area contributed by atoms with Crippen molar-refractivity contribution < 1.29 is 4.79 Å². The van der Waals surface area contributed by atoms with Gasteiger partial charge >= 0.3 is 0 Å². The maximum absolute atomic E-state index is 12.3. The molecule has 0 saturated carbocycles. The SMILES string of the molecule is CC(C)N(Cc1ccccc1)c1ccc(C(=O)NCc2ccccn2)nc1. The normalized spacial score (nSPS) is 10.6. The van der Waals surface area contributed by atoms with E-state index in [9.17, 15) is 4.79 Å². The second-order valence-corrected chi connectivity index (χ2v) is 6.61. The van der Waals surface area contributed by atoms with Crippen molar-refractivity contribution in [3.8, 4) is 0 Å². The third-order valence-electron chi connectivity index (χ3n) is 4.29. The lowest BCUT2D eigenvalue weighted by atomic mass is 10.1. The third kappa shape index (κ3) is 5.14. The molecule has 3 aromatic rings. The van der Waals surface area contributed by atoms with Crippen molar-refractivity contribution in [2.45, 2.75) is 33.0 Å². The molecule has 0 unspecified atom stereocenters. The van der Waals surface area contributed by atoms with Crippen LogP contribution in [0.1, 0.15) is 35.6 Å². The number of nitrogens with one attached hydrogen (secondary N) is 1. The number of hydrogen-bond acceptors (Lipinski definition) is 4. The van der Waals surface area contributed by atoms with Crippen LogP contribution in [-0.2, 0) is 13.1 Å². The summed E-state index contributed by atoms with van der Waals surface area (Å²) in [6.45, 7) is 5.48. The average molecular weight is 360 g/mol. The van der Waals surface area contributed by atoms with Gasteiger partial charge in [0, 0.05) is 18.8 Å². The Morgan fingerprint density at radius 1 is 1.00 bits per heavy atom. The molecular formula is C22H24N4O. The van der Waals surface area contributed by atoms with E-state index in [4.69, 9.17) is 0 Å². The molecule has 0 fully saturated rings. The number of carbonyl (C=O) groups excluding carboxylic acids is 1. The fraction of sp³-hybridized carbons (Fsp3) is 0.227. The van der Waals surface area contributed by atoms with Gasteiger partial charge in [0.1, 0.15) is 5.69 Å². The topological polar surface area (TPSA) is 58.1 Å². The van der Waals surface area contributed by atoms with E-state index < -0.39 is 0 Å². The molecule has 0 radical (unpaired) electrons. The van der Waals surface area contributed by atoms with E-state index in [1.807, 2.05) is 42.5 Å². The van der Waals surface area contributed by atoms with Crippen LogP contribution in [0.2, 0.25) is 0 Å². The Bertz CT molecular complexity index is 849. The van der Waals surface area contributed by atoms with Crippen molar-refractivity contribution in [3.05, 3.63) is 90.0 Å². The molecule has 0 spiro atoms. The molecule has 0 bridgehead atoms. The minimum Gasteiger partial charge on any atom is -0.364 e. The van der Waals surface area contributed by atoms with Gasteiger partial charge in [0.2, 0.25) is 0 Å². The molecule has 138 valence electrons. The Morgan fingerprint density at radius 2 is 1.78 bits per heavy atom. The standard InChI is InChI=1S/C22H24N4O/c1-17(2)26(16-18-8-4-3-5-9-18)20-11-12-21(24-15-20)22(27)25-14-19-10-6-7-13-23-19/h3-13,15,17H,14,16H2,1-2H3,(H,25,27). The number of hydrogen-bond donors (Lipinski definition) is 1. The average Bonchev–Trinajstić information content (AvgIpc) is 2.72. The van der Waals surface area contributed by atoms with Crippen molar-refractivity contribution in [2.24, 2.45) is 0 Å². The lowest BCUT2D eigenvalue weighted by molar-refractivity contribution is 0.0945. The summed E-state index contributed by atoms with van der Waals surface area (Å²) in [4.78, 5) is 23.1. The first kappa shape index (κ1) is 18.6. The number of nitrogens with zero attached hydrogens (tertiary/aromatic N) is 3. The predicted octanol–water partition coefficient (Wildman–Crippen LogP) is 3.82. The van der Waals surface area contributed by atoms with Crippen LogP contribution in [0.15, 0.2) is 73.1 Å². The van der Waals surface area contributed by atoms with Crippen molar-refractivity contribution in [1.29, 1.82) is 0 Å². The van der Waals surface area contributed by atoms with Gasteiger partial charge in [0.05, 0.1) is 24.1 Å². The summed E-state index contributed by atoms with van der Waals surface area (Å²) in [5, 5.41) is 2.85. The van der Waals surface area contributed by atoms with Crippen molar-refractivity contribution in [2.75, 3.05) is 4.90 Å². The number of aromatic nitrogens is 2. The molecule has 0 atom stereocenters. The summed E-state index contributed by atoms with van der Waals surface area (Å²) in [5.41, 5.74) is 3.45. The van der Waals surface area contributed by atoms with Gasteiger partial charge in [-0.15, -0.1) is 0 Å². The Kier molecular flexibility index (Phi) is 6.15. The number of carbonyl (C=O) groups is 1. The summed E-state index contributed by atoms with van der Waals surface area (Å²) in [5.74, 6) is -0.202. The van der Waals surface area contributed by atoms with Crippen LogP contribution in [0.5, 0.6) is 0 Å².